The number of halogens is 2. The Kier molecular flexibility index (Phi) is 5.04. The van der Waals surface area contributed by atoms with Gasteiger partial charge < -0.3 is 10.1 Å². The lowest BCUT2D eigenvalue weighted by atomic mass is 9.89. The van der Waals surface area contributed by atoms with Gasteiger partial charge in [-0.05, 0) is 52.4 Å². The van der Waals surface area contributed by atoms with Gasteiger partial charge in [-0.1, -0.05) is 40.4 Å². The summed E-state index contributed by atoms with van der Waals surface area (Å²) in [5, 5.41) is 15.4. The molecule has 0 spiro atoms. The van der Waals surface area contributed by atoms with E-state index in [1.54, 1.807) is 48.5 Å². The topological polar surface area (TPSA) is 99.0 Å². The summed E-state index contributed by atoms with van der Waals surface area (Å²) in [6.45, 7) is 0. The predicted molar refractivity (Wildman–Crippen MR) is 106 cm³/mol. The molecule has 4 rings (SSSR count). The lowest BCUT2D eigenvalue weighted by Gasteiger charge is -2.28. The zero-order valence-corrected chi connectivity index (χ0v) is 16.5. The van der Waals surface area contributed by atoms with Crippen LogP contribution in [0.25, 0.3) is 0 Å². The maximum atomic E-state index is 13.5. The molecule has 0 aliphatic carbocycles. The first-order chi connectivity index (χ1) is 14.0. The molecule has 3 aromatic rings. The lowest BCUT2D eigenvalue weighted by molar-refractivity contribution is -0.136. The highest BCUT2D eigenvalue weighted by Gasteiger charge is 2.38. The van der Waals surface area contributed by atoms with E-state index in [9.17, 15) is 9.59 Å². The quantitative estimate of drug-likeness (QED) is 0.501. The van der Waals surface area contributed by atoms with Crippen molar-refractivity contribution in [3.8, 4) is 0 Å². The standard InChI is InChI=1S/C19H13Cl2N5O3/c1-29-18(28)15-14(17(27)11-4-8-13(21)9-5-11)16(10-2-6-12(20)7-3-10)26-19(22-15)23-24-25-26/h2-9,16H,1H3,(H,22,23,25)/t16-/m0/s1. The largest absolute Gasteiger partial charge is 0.464 e. The van der Waals surface area contributed by atoms with Crippen molar-refractivity contribution in [2.45, 2.75) is 6.04 Å². The Balaban J connectivity index is 1.94. The summed E-state index contributed by atoms with van der Waals surface area (Å²) in [5.74, 6) is -0.899. The molecule has 0 amide bonds. The first-order valence-electron chi connectivity index (χ1n) is 8.42. The number of ketones is 1. The van der Waals surface area contributed by atoms with Gasteiger partial charge in [0.15, 0.2) is 5.78 Å². The monoisotopic (exact) mass is 429 g/mol. The number of allylic oxidation sites excluding steroid dienone is 1. The molecule has 0 radical (unpaired) electrons. The molecule has 1 aliphatic heterocycles. The summed E-state index contributed by atoms with van der Waals surface area (Å²) in [5.41, 5.74) is 1.13. The van der Waals surface area contributed by atoms with Crippen molar-refractivity contribution in [1.82, 2.24) is 20.2 Å². The van der Waals surface area contributed by atoms with Gasteiger partial charge in [-0.15, -0.1) is 0 Å². The van der Waals surface area contributed by atoms with Crippen LogP contribution in [-0.4, -0.2) is 39.1 Å². The number of hydrogen-bond donors (Lipinski definition) is 1. The number of anilines is 1. The molecule has 0 fully saturated rings. The molecular weight excluding hydrogens is 417 g/mol. The number of nitrogens with zero attached hydrogens (tertiary/aromatic N) is 4. The van der Waals surface area contributed by atoms with Crippen molar-refractivity contribution in [3.63, 3.8) is 0 Å². The fraction of sp³-hybridized carbons (Fsp3) is 0.105. The van der Waals surface area contributed by atoms with Gasteiger partial charge in [-0.2, -0.15) is 4.68 Å². The van der Waals surface area contributed by atoms with Crippen molar-refractivity contribution in [3.05, 3.63) is 81.0 Å². The maximum absolute atomic E-state index is 13.5. The Bertz CT molecular complexity index is 1120. The highest BCUT2D eigenvalue weighted by Crippen LogP contribution is 2.37. The second kappa shape index (κ2) is 7.65. The van der Waals surface area contributed by atoms with Crippen molar-refractivity contribution in [2.75, 3.05) is 12.4 Å². The van der Waals surface area contributed by atoms with Crippen LogP contribution < -0.4 is 5.32 Å². The Hall–Kier alpha value is -3.23. The Morgan fingerprint density at radius 3 is 2.28 bits per heavy atom. The van der Waals surface area contributed by atoms with Gasteiger partial charge >= 0.3 is 5.97 Å². The number of nitrogens with one attached hydrogen (secondary N) is 1. The van der Waals surface area contributed by atoms with Crippen molar-refractivity contribution in [1.29, 1.82) is 0 Å². The third-order valence-corrected chi connectivity index (χ3v) is 4.95. The van der Waals surface area contributed by atoms with Gasteiger partial charge in [-0.25, -0.2) is 4.79 Å². The summed E-state index contributed by atoms with van der Waals surface area (Å²) >= 11 is 12.0. The number of carbonyl (C=O) groups excluding carboxylic acids is 2. The van der Waals surface area contributed by atoms with Crippen LogP contribution in [0.4, 0.5) is 5.95 Å². The molecule has 1 aromatic heterocycles. The number of tetrazole rings is 1. The van der Waals surface area contributed by atoms with Gasteiger partial charge in [0, 0.05) is 15.6 Å². The van der Waals surface area contributed by atoms with Crippen LogP contribution in [0.5, 0.6) is 0 Å². The molecule has 1 aliphatic rings. The fourth-order valence-corrected chi connectivity index (χ4v) is 3.35. The molecule has 2 aromatic carbocycles. The summed E-state index contributed by atoms with van der Waals surface area (Å²) in [7, 11) is 1.23. The summed E-state index contributed by atoms with van der Waals surface area (Å²) in [6.07, 6.45) is 0. The molecule has 2 heterocycles. The fourth-order valence-electron chi connectivity index (χ4n) is 3.10. The van der Waals surface area contributed by atoms with Gasteiger partial charge in [0.05, 0.1) is 12.7 Å². The minimum absolute atomic E-state index is 0.0327. The van der Waals surface area contributed by atoms with Crippen molar-refractivity contribution >= 4 is 40.9 Å². The number of hydrogen-bond acceptors (Lipinski definition) is 7. The van der Waals surface area contributed by atoms with Crippen LogP contribution in [-0.2, 0) is 9.53 Å². The van der Waals surface area contributed by atoms with E-state index in [1.165, 1.54) is 11.8 Å². The van der Waals surface area contributed by atoms with Crippen LogP contribution in [0, 0.1) is 0 Å². The van der Waals surface area contributed by atoms with Gasteiger partial charge in [0.1, 0.15) is 11.7 Å². The number of carbonyl (C=O) groups is 2. The third-order valence-electron chi connectivity index (χ3n) is 4.44. The number of esters is 1. The van der Waals surface area contributed by atoms with Crippen molar-refractivity contribution < 1.29 is 14.3 Å². The molecule has 1 N–H and O–H groups in total. The SMILES string of the molecule is COC(=O)C1=C(C(=O)c2ccc(Cl)cc2)[C@H](c2ccc(Cl)cc2)n2nnnc2N1. The normalized spacial score (nSPS) is 15.5. The minimum atomic E-state index is -0.768. The molecule has 0 saturated carbocycles. The van der Waals surface area contributed by atoms with Gasteiger partial charge in [0.25, 0.3) is 0 Å². The van der Waals surface area contributed by atoms with E-state index >= 15 is 0 Å². The molecule has 0 bridgehead atoms. The lowest BCUT2D eigenvalue weighted by Crippen LogP contribution is -2.32. The zero-order chi connectivity index (χ0) is 20.5. The molecule has 0 saturated heterocycles. The number of ether oxygens (including phenoxy) is 1. The molecular formula is C19H13Cl2N5O3. The number of rotatable bonds is 4. The molecule has 146 valence electrons. The van der Waals surface area contributed by atoms with E-state index in [-0.39, 0.29) is 17.2 Å². The van der Waals surface area contributed by atoms with E-state index in [4.69, 9.17) is 27.9 Å². The average Bonchev–Trinajstić information content (AvgIpc) is 3.21. The number of aromatic nitrogens is 4. The third kappa shape index (κ3) is 3.48. The average molecular weight is 430 g/mol. The van der Waals surface area contributed by atoms with Crippen molar-refractivity contribution in [2.24, 2.45) is 0 Å². The van der Waals surface area contributed by atoms with Gasteiger partial charge in [0.2, 0.25) is 5.95 Å². The number of benzene rings is 2. The summed E-state index contributed by atoms with van der Waals surface area (Å²) in [4.78, 5) is 26.0. The maximum Gasteiger partial charge on any atom is 0.355 e. The van der Waals surface area contributed by atoms with E-state index in [0.717, 1.165) is 0 Å². The van der Waals surface area contributed by atoms with Crippen LogP contribution in [0.1, 0.15) is 22.0 Å². The highest BCUT2D eigenvalue weighted by molar-refractivity contribution is 6.31. The van der Waals surface area contributed by atoms with Crippen LogP contribution >= 0.6 is 23.2 Å². The van der Waals surface area contributed by atoms with E-state index in [2.05, 4.69) is 20.8 Å². The van der Waals surface area contributed by atoms with Crippen LogP contribution in [0.3, 0.4) is 0 Å². The Morgan fingerprint density at radius 2 is 1.66 bits per heavy atom. The van der Waals surface area contributed by atoms with Crippen LogP contribution in [0.15, 0.2) is 59.8 Å². The predicted octanol–water partition coefficient (Wildman–Crippen LogP) is 3.30. The first kappa shape index (κ1) is 19.1. The Morgan fingerprint density at radius 1 is 1.03 bits per heavy atom. The van der Waals surface area contributed by atoms with Crippen LogP contribution in [0.2, 0.25) is 10.0 Å². The Labute approximate surface area is 175 Å². The van der Waals surface area contributed by atoms with Gasteiger partial charge in [-0.3, -0.25) is 4.79 Å². The molecule has 10 heteroatoms. The molecule has 1 atom stereocenters. The summed E-state index contributed by atoms with van der Waals surface area (Å²) in [6, 6.07) is 12.5. The minimum Gasteiger partial charge on any atom is -0.464 e. The van der Waals surface area contributed by atoms with E-state index in [1.807, 2.05) is 0 Å². The second-order valence-electron chi connectivity index (χ2n) is 6.14. The molecule has 0 unspecified atom stereocenters. The number of fused-ring (bicyclic) bond motifs is 1. The van der Waals surface area contributed by atoms with E-state index in [0.29, 0.717) is 21.2 Å². The number of methoxy groups -OCH3 is 1. The number of Topliss-reactive ketones (excluding diaryl/α,β-unsaturated/α-hetero) is 1. The second-order valence-corrected chi connectivity index (χ2v) is 7.02. The first-order valence-corrected chi connectivity index (χ1v) is 9.18. The molecule has 29 heavy (non-hydrogen) atoms. The molecule has 8 nitrogen and oxygen atoms in total. The highest BCUT2D eigenvalue weighted by atomic mass is 35.5. The summed E-state index contributed by atoms with van der Waals surface area (Å²) < 4.78 is 6.32. The smallest absolute Gasteiger partial charge is 0.355 e. The zero-order valence-electron chi connectivity index (χ0n) is 15.0. The van der Waals surface area contributed by atoms with E-state index < -0.39 is 17.8 Å².